The molecule has 0 spiro atoms. The summed E-state index contributed by atoms with van der Waals surface area (Å²) in [5.41, 5.74) is 7.09. The molecule has 1 atom stereocenters. The summed E-state index contributed by atoms with van der Waals surface area (Å²) in [7, 11) is 0. The van der Waals surface area contributed by atoms with Crippen LogP contribution in [0.3, 0.4) is 0 Å². The summed E-state index contributed by atoms with van der Waals surface area (Å²) >= 11 is 0. The standard InChI is InChI=1S/C20H20N6O6.ClH/c21-20-25-13-6-5-12(23-16(13)18(30)26-20)9-22-11-3-1-10(2-4-11)17(29)24-14(19(31)32)7-8-15(27)28;/h1-6,14,22H,7-9H2,(H,24,29)(H,27,28)(H,31,32)(H3,21,25,26,30);1H. The SMILES string of the molecule is Cl.Nc1nc2ccc(CNc3ccc(C(=O)NC(CCC(=O)O)C(=O)O)cc3)nc2c(=O)[nH]1. The molecule has 2 aromatic heterocycles. The highest BCUT2D eigenvalue weighted by molar-refractivity contribution is 5.97. The van der Waals surface area contributed by atoms with Crippen molar-refractivity contribution < 1.29 is 24.6 Å². The summed E-state index contributed by atoms with van der Waals surface area (Å²) in [6.07, 6.45) is -0.599. The van der Waals surface area contributed by atoms with Crippen molar-refractivity contribution in [3.8, 4) is 0 Å². The van der Waals surface area contributed by atoms with Crippen LogP contribution in [0.15, 0.2) is 41.2 Å². The highest BCUT2D eigenvalue weighted by atomic mass is 35.5. The number of nitrogens with one attached hydrogen (secondary N) is 3. The number of H-pyrrole nitrogens is 1. The van der Waals surface area contributed by atoms with Gasteiger partial charge in [0.25, 0.3) is 11.5 Å². The lowest BCUT2D eigenvalue weighted by Gasteiger charge is -2.14. The van der Waals surface area contributed by atoms with Crippen LogP contribution in [0.2, 0.25) is 0 Å². The Morgan fingerprint density at radius 3 is 2.39 bits per heavy atom. The Morgan fingerprint density at radius 1 is 1.06 bits per heavy atom. The molecule has 0 bridgehead atoms. The van der Waals surface area contributed by atoms with Gasteiger partial charge in [0.15, 0.2) is 5.52 Å². The van der Waals surface area contributed by atoms with Crippen molar-refractivity contribution in [2.75, 3.05) is 11.1 Å². The largest absolute Gasteiger partial charge is 0.481 e. The van der Waals surface area contributed by atoms with Crippen LogP contribution in [0, 0.1) is 0 Å². The van der Waals surface area contributed by atoms with Gasteiger partial charge in [-0.3, -0.25) is 19.4 Å². The molecule has 7 N–H and O–H groups in total. The number of amides is 1. The Bertz CT molecular complexity index is 1230. The van der Waals surface area contributed by atoms with E-state index in [9.17, 15) is 19.2 Å². The molecule has 1 amide bonds. The molecule has 0 aliphatic carbocycles. The van der Waals surface area contributed by atoms with Crippen LogP contribution in [0.25, 0.3) is 11.0 Å². The number of aromatic nitrogens is 3. The molecular formula is C20H21ClN6O6. The number of aliphatic carboxylic acids is 2. The third kappa shape index (κ3) is 6.64. The zero-order valence-electron chi connectivity index (χ0n) is 17.1. The number of halogens is 1. The van der Waals surface area contributed by atoms with Gasteiger partial charge in [0.05, 0.1) is 17.8 Å². The van der Waals surface area contributed by atoms with Crippen LogP contribution in [-0.2, 0) is 16.1 Å². The van der Waals surface area contributed by atoms with E-state index in [1.54, 1.807) is 24.3 Å². The first-order chi connectivity index (χ1) is 15.2. The van der Waals surface area contributed by atoms with E-state index in [0.717, 1.165) is 0 Å². The molecule has 33 heavy (non-hydrogen) atoms. The van der Waals surface area contributed by atoms with E-state index < -0.39 is 29.4 Å². The number of fused-ring (bicyclic) bond motifs is 1. The normalized spacial score (nSPS) is 11.3. The van der Waals surface area contributed by atoms with Gasteiger partial charge < -0.3 is 26.6 Å². The minimum Gasteiger partial charge on any atom is -0.481 e. The molecule has 0 saturated carbocycles. The van der Waals surface area contributed by atoms with Crippen molar-refractivity contribution in [3.05, 3.63) is 58.0 Å². The molecule has 2 heterocycles. The van der Waals surface area contributed by atoms with E-state index in [2.05, 4.69) is 25.6 Å². The summed E-state index contributed by atoms with van der Waals surface area (Å²) in [5.74, 6) is -3.07. The first kappa shape index (κ1) is 25.1. The third-order valence-corrected chi connectivity index (χ3v) is 4.50. The maximum absolute atomic E-state index is 12.3. The maximum atomic E-state index is 12.3. The molecule has 12 nitrogen and oxygen atoms in total. The number of carboxylic acids is 2. The Morgan fingerprint density at radius 2 is 1.76 bits per heavy atom. The number of nitrogen functional groups attached to an aromatic ring is 1. The number of pyridine rings is 1. The quantitative estimate of drug-likeness (QED) is 0.258. The number of hydrogen-bond donors (Lipinski definition) is 6. The molecule has 1 unspecified atom stereocenters. The number of anilines is 2. The number of benzene rings is 1. The Labute approximate surface area is 192 Å². The number of hydrogen-bond acceptors (Lipinski definition) is 8. The fourth-order valence-corrected chi connectivity index (χ4v) is 2.88. The van der Waals surface area contributed by atoms with E-state index in [-0.39, 0.29) is 42.3 Å². The van der Waals surface area contributed by atoms with Crippen molar-refractivity contribution in [1.29, 1.82) is 0 Å². The summed E-state index contributed by atoms with van der Waals surface area (Å²) in [5, 5.41) is 23.3. The molecule has 13 heteroatoms. The van der Waals surface area contributed by atoms with E-state index in [0.29, 0.717) is 23.4 Å². The van der Waals surface area contributed by atoms with Gasteiger partial charge in [-0.15, -0.1) is 12.4 Å². The van der Waals surface area contributed by atoms with Crippen molar-refractivity contribution in [1.82, 2.24) is 20.3 Å². The second kappa shape index (κ2) is 10.9. The number of rotatable bonds is 9. The van der Waals surface area contributed by atoms with Gasteiger partial charge in [-0.2, -0.15) is 0 Å². The number of nitrogens with two attached hydrogens (primary N) is 1. The van der Waals surface area contributed by atoms with Gasteiger partial charge in [0, 0.05) is 17.7 Å². The molecule has 174 valence electrons. The number of carbonyl (C=O) groups is 3. The van der Waals surface area contributed by atoms with Crippen LogP contribution in [-0.4, -0.2) is 49.1 Å². The fraction of sp³-hybridized carbons (Fsp3) is 0.200. The van der Waals surface area contributed by atoms with Crippen molar-refractivity contribution in [2.45, 2.75) is 25.4 Å². The third-order valence-electron chi connectivity index (χ3n) is 4.50. The molecule has 0 aliphatic rings. The number of aromatic amines is 1. The van der Waals surface area contributed by atoms with E-state index in [1.807, 2.05) is 0 Å². The predicted octanol–water partition coefficient (Wildman–Crippen LogP) is 0.982. The van der Waals surface area contributed by atoms with E-state index in [1.165, 1.54) is 12.1 Å². The van der Waals surface area contributed by atoms with Crippen molar-refractivity contribution in [2.24, 2.45) is 0 Å². The highest BCUT2D eigenvalue weighted by Crippen LogP contribution is 2.13. The number of carbonyl (C=O) groups excluding carboxylic acids is 1. The smallest absolute Gasteiger partial charge is 0.326 e. The van der Waals surface area contributed by atoms with Gasteiger partial charge in [-0.25, -0.2) is 14.8 Å². The van der Waals surface area contributed by atoms with Gasteiger partial charge in [0.2, 0.25) is 5.95 Å². The van der Waals surface area contributed by atoms with Crippen LogP contribution >= 0.6 is 12.4 Å². The zero-order valence-corrected chi connectivity index (χ0v) is 17.9. The topological polar surface area (TPSA) is 200 Å². The lowest BCUT2D eigenvalue weighted by atomic mass is 10.1. The van der Waals surface area contributed by atoms with E-state index >= 15 is 0 Å². The zero-order chi connectivity index (χ0) is 23.3. The molecule has 0 fully saturated rings. The lowest BCUT2D eigenvalue weighted by Crippen LogP contribution is -2.41. The van der Waals surface area contributed by atoms with Crippen molar-refractivity contribution in [3.63, 3.8) is 0 Å². The molecule has 0 saturated heterocycles. The number of nitrogens with zero attached hydrogens (tertiary/aromatic N) is 2. The second-order valence-electron chi connectivity index (χ2n) is 6.85. The lowest BCUT2D eigenvalue weighted by molar-refractivity contribution is -0.140. The minimum atomic E-state index is -1.31. The maximum Gasteiger partial charge on any atom is 0.326 e. The average molecular weight is 477 g/mol. The molecule has 1 aromatic carbocycles. The average Bonchev–Trinajstić information content (AvgIpc) is 2.75. The molecule has 3 aromatic rings. The fourth-order valence-electron chi connectivity index (χ4n) is 2.88. The molecular weight excluding hydrogens is 456 g/mol. The summed E-state index contributed by atoms with van der Waals surface area (Å²) in [6.45, 7) is 0.293. The monoisotopic (exact) mass is 476 g/mol. The first-order valence-electron chi connectivity index (χ1n) is 9.48. The van der Waals surface area contributed by atoms with Crippen LogP contribution in [0.5, 0.6) is 0 Å². The van der Waals surface area contributed by atoms with E-state index in [4.69, 9.17) is 15.9 Å². The molecule has 0 radical (unpaired) electrons. The Hall–Kier alpha value is -4.19. The minimum absolute atomic E-state index is 0. The Kier molecular flexibility index (Phi) is 8.29. The van der Waals surface area contributed by atoms with Crippen molar-refractivity contribution >= 4 is 52.9 Å². The van der Waals surface area contributed by atoms with Crippen LogP contribution in [0.4, 0.5) is 11.6 Å². The van der Waals surface area contributed by atoms with Gasteiger partial charge in [-0.05, 0) is 42.8 Å². The second-order valence-corrected chi connectivity index (χ2v) is 6.85. The van der Waals surface area contributed by atoms with Gasteiger partial charge >= 0.3 is 11.9 Å². The molecule has 3 rings (SSSR count). The summed E-state index contributed by atoms with van der Waals surface area (Å²) in [4.78, 5) is 56.8. The van der Waals surface area contributed by atoms with Gasteiger partial charge in [0.1, 0.15) is 6.04 Å². The predicted molar refractivity (Wildman–Crippen MR) is 121 cm³/mol. The number of carboxylic acid groups (broad SMARTS) is 2. The summed E-state index contributed by atoms with van der Waals surface area (Å²) < 4.78 is 0. The first-order valence-corrected chi connectivity index (χ1v) is 9.48. The summed E-state index contributed by atoms with van der Waals surface area (Å²) in [6, 6.07) is 8.28. The van der Waals surface area contributed by atoms with Crippen LogP contribution < -0.4 is 21.9 Å². The molecule has 0 aliphatic heterocycles. The van der Waals surface area contributed by atoms with Gasteiger partial charge in [-0.1, -0.05) is 0 Å². The Balaban J connectivity index is 0.00000385. The van der Waals surface area contributed by atoms with Crippen LogP contribution in [0.1, 0.15) is 28.9 Å². The highest BCUT2D eigenvalue weighted by Gasteiger charge is 2.21.